The van der Waals surface area contributed by atoms with E-state index in [1.807, 2.05) is 18.2 Å². The van der Waals surface area contributed by atoms with Gasteiger partial charge in [-0.25, -0.2) is 23.1 Å². The molecule has 1 aliphatic heterocycles. The Hall–Kier alpha value is -3.86. The number of nitrogens with one attached hydrogen (secondary N) is 1. The zero-order valence-electron chi connectivity index (χ0n) is 23.3. The lowest BCUT2D eigenvalue weighted by molar-refractivity contribution is 0.0981. The lowest BCUT2D eigenvalue weighted by atomic mass is 9.97. The highest BCUT2D eigenvalue weighted by atomic mass is 32.2. The van der Waals surface area contributed by atoms with Gasteiger partial charge in [0.15, 0.2) is 0 Å². The zero-order valence-corrected chi connectivity index (χ0v) is 24.2. The van der Waals surface area contributed by atoms with E-state index in [4.69, 9.17) is 14.5 Å². The third kappa shape index (κ3) is 5.49. The van der Waals surface area contributed by atoms with Crippen LogP contribution in [-0.2, 0) is 10.0 Å². The Kier molecular flexibility index (Phi) is 7.74. The summed E-state index contributed by atoms with van der Waals surface area (Å²) in [7, 11) is 2.27. The van der Waals surface area contributed by atoms with E-state index in [1.165, 1.54) is 18.3 Å². The SMILES string of the molecule is COc1cccc(OC)c1-c1ccc(C(=O)NS(=O)(=O)c2cccnc2N(C)C)c(N2C[C@@H](C)CC2(C)C)n1. The van der Waals surface area contributed by atoms with E-state index in [9.17, 15) is 13.2 Å². The van der Waals surface area contributed by atoms with Crippen LogP contribution in [0.5, 0.6) is 11.5 Å². The van der Waals surface area contributed by atoms with Crippen LogP contribution in [0.15, 0.2) is 53.6 Å². The molecule has 1 amide bonds. The summed E-state index contributed by atoms with van der Waals surface area (Å²) in [6.45, 7) is 6.98. The van der Waals surface area contributed by atoms with E-state index >= 15 is 0 Å². The number of pyridine rings is 2. The monoisotopic (exact) mass is 553 g/mol. The Balaban J connectivity index is 1.84. The third-order valence-corrected chi connectivity index (χ3v) is 8.18. The van der Waals surface area contributed by atoms with E-state index in [-0.39, 0.29) is 21.8 Å². The van der Waals surface area contributed by atoms with Crippen molar-refractivity contribution < 1.29 is 22.7 Å². The Labute approximate surface area is 230 Å². The molecular weight excluding hydrogens is 518 g/mol. The lowest BCUT2D eigenvalue weighted by Gasteiger charge is -2.34. The highest BCUT2D eigenvalue weighted by Crippen LogP contribution is 2.41. The largest absolute Gasteiger partial charge is 0.496 e. The number of aromatic nitrogens is 2. The molecule has 1 aromatic carbocycles. The van der Waals surface area contributed by atoms with Crippen LogP contribution in [0.1, 0.15) is 37.6 Å². The summed E-state index contributed by atoms with van der Waals surface area (Å²) in [6, 6.07) is 11.6. The average molecular weight is 554 g/mol. The molecule has 1 fully saturated rings. The second-order valence-corrected chi connectivity index (χ2v) is 12.1. The molecule has 11 heteroatoms. The number of hydrogen-bond acceptors (Lipinski definition) is 9. The number of carbonyl (C=O) groups excluding carboxylic acids is 1. The number of ether oxygens (including phenoxy) is 2. The van der Waals surface area contributed by atoms with Crippen LogP contribution in [0.4, 0.5) is 11.6 Å². The van der Waals surface area contributed by atoms with Crippen molar-refractivity contribution in [3.05, 3.63) is 54.2 Å². The summed E-state index contributed by atoms with van der Waals surface area (Å²) < 4.78 is 40.1. The first-order chi connectivity index (χ1) is 18.4. The number of methoxy groups -OCH3 is 2. The fourth-order valence-corrected chi connectivity index (χ4v) is 6.39. The van der Waals surface area contributed by atoms with Crippen molar-refractivity contribution in [2.45, 2.75) is 37.6 Å². The minimum atomic E-state index is -4.24. The average Bonchev–Trinajstić information content (AvgIpc) is 3.18. The highest BCUT2D eigenvalue weighted by molar-refractivity contribution is 7.90. The molecule has 0 spiro atoms. The Bertz CT molecular complexity index is 1470. The van der Waals surface area contributed by atoms with E-state index in [0.29, 0.717) is 41.0 Å². The van der Waals surface area contributed by atoms with E-state index in [0.717, 1.165) is 6.42 Å². The van der Waals surface area contributed by atoms with E-state index in [1.54, 1.807) is 45.3 Å². The van der Waals surface area contributed by atoms with Gasteiger partial charge in [0, 0.05) is 32.4 Å². The second kappa shape index (κ2) is 10.7. The third-order valence-electron chi connectivity index (χ3n) is 6.82. The molecule has 0 bridgehead atoms. The number of rotatable bonds is 8. The fraction of sp³-hybridized carbons (Fsp3) is 0.393. The van der Waals surface area contributed by atoms with Gasteiger partial charge >= 0.3 is 0 Å². The predicted molar refractivity (Wildman–Crippen MR) is 151 cm³/mol. The van der Waals surface area contributed by atoms with Crippen LogP contribution in [0.25, 0.3) is 11.3 Å². The molecule has 3 aromatic rings. The molecule has 10 nitrogen and oxygen atoms in total. The van der Waals surface area contributed by atoms with Crippen LogP contribution in [0.3, 0.4) is 0 Å². The summed E-state index contributed by atoms with van der Waals surface area (Å²) in [5.41, 5.74) is 1.01. The minimum Gasteiger partial charge on any atom is -0.496 e. The van der Waals surface area contributed by atoms with Gasteiger partial charge in [-0.05, 0) is 62.6 Å². The number of sulfonamides is 1. The van der Waals surface area contributed by atoms with Crippen molar-refractivity contribution in [2.75, 3.05) is 44.7 Å². The van der Waals surface area contributed by atoms with E-state index < -0.39 is 15.9 Å². The first kappa shape index (κ1) is 28.2. The first-order valence-electron chi connectivity index (χ1n) is 12.6. The van der Waals surface area contributed by atoms with Crippen molar-refractivity contribution in [2.24, 2.45) is 5.92 Å². The van der Waals surface area contributed by atoms with Gasteiger partial charge in [-0.15, -0.1) is 0 Å². The van der Waals surface area contributed by atoms with Gasteiger partial charge in [-0.1, -0.05) is 13.0 Å². The van der Waals surface area contributed by atoms with Crippen LogP contribution in [-0.4, -0.2) is 64.7 Å². The van der Waals surface area contributed by atoms with Crippen LogP contribution < -0.4 is 24.0 Å². The molecule has 1 atom stereocenters. The first-order valence-corrected chi connectivity index (χ1v) is 14.1. The lowest BCUT2D eigenvalue weighted by Crippen LogP contribution is -2.41. The summed E-state index contributed by atoms with van der Waals surface area (Å²) >= 11 is 0. The van der Waals surface area contributed by atoms with Crippen LogP contribution >= 0.6 is 0 Å². The summed E-state index contributed by atoms with van der Waals surface area (Å²) in [4.78, 5) is 26.3. The molecule has 39 heavy (non-hydrogen) atoms. The summed E-state index contributed by atoms with van der Waals surface area (Å²) in [6.07, 6.45) is 2.39. The van der Waals surface area contributed by atoms with Crippen LogP contribution in [0.2, 0.25) is 0 Å². The molecule has 0 unspecified atom stereocenters. The maximum absolute atomic E-state index is 13.6. The second-order valence-electron chi connectivity index (χ2n) is 10.5. The molecule has 208 valence electrons. The zero-order chi connectivity index (χ0) is 28.5. The van der Waals surface area contributed by atoms with Gasteiger partial charge in [-0.3, -0.25) is 4.79 Å². The van der Waals surface area contributed by atoms with Crippen molar-refractivity contribution in [1.29, 1.82) is 0 Å². The van der Waals surface area contributed by atoms with Gasteiger partial charge in [-0.2, -0.15) is 0 Å². The quantitative estimate of drug-likeness (QED) is 0.443. The molecule has 0 radical (unpaired) electrons. The smallest absolute Gasteiger partial charge is 0.268 e. The van der Waals surface area contributed by atoms with Crippen molar-refractivity contribution in [1.82, 2.24) is 14.7 Å². The van der Waals surface area contributed by atoms with Gasteiger partial charge in [0.05, 0.1) is 31.0 Å². The Morgan fingerprint density at radius 3 is 2.31 bits per heavy atom. The number of hydrogen-bond donors (Lipinski definition) is 1. The van der Waals surface area contributed by atoms with Gasteiger partial charge < -0.3 is 19.3 Å². The van der Waals surface area contributed by atoms with Crippen LogP contribution in [0, 0.1) is 5.92 Å². The fourth-order valence-electron chi connectivity index (χ4n) is 5.19. The summed E-state index contributed by atoms with van der Waals surface area (Å²) in [5.74, 6) is 1.32. The van der Waals surface area contributed by atoms with Gasteiger partial charge in [0.1, 0.15) is 28.0 Å². The Morgan fingerprint density at radius 2 is 1.74 bits per heavy atom. The molecule has 1 saturated heterocycles. The number of amides is 1. The molecule has 0 aliphatic carbocycles. The van der Waals surface area contributed by atoms with Gasteiger partial charge in [0.25, 0.3) is 15.9 Å². The number of anilines is 2. The standard InChI is InChI=1S/C28H35N5O5S/c1-18-16-28(2,3)33(17-18)25-19(13-14-20(30-25)24-21(37-6)10-8-11-22(24)38-7)27(34)31-39(35,36)23-12-9-15-29-26(23)32(4)5/h8-15,18H,16-17H2,1-7H3,(H,31,34)/t18-/m0/s1. The molecule has 1 aliphatic rings. The number of benzene rings is 1. The van der Waals surface area contributed by atoms with Gasteiger partial charge in [0.2, 0.25) is 0 Å². The minimum absolute atomic E-state index is 0.0941. The van der Waals surface area contributed by atoms with Crippen molar-refractivity contribution in [3.8, 4) is 22.8 Å². The maximum atomic E-state index is 13.6. The topological polar surface area (TPSA) is 114 Å². The number of carbonyl (C=O) groups is 1. The molecule has 1 N–H and O–H groups in total. The van der Waals surface area contributed by atoms with E-state index in [2.05, 4.69) is 35.4 Å². The van der Waals surface area contributed by atoms with Crippen molar-refractivity contribution in [3.63, 3.8) is 0 Å². The highest BCUT2D eigenvalue weighted by Gasteiger charge is 2.39. The molecular formula is C28H35N5O5S. The maximum Gasteiger partial charge on any atom is 0.268 e. The molecule has 2 aromatic heterocycles. The predicted octanol–water partition coefficient (Wildman–Crippen LogP) is 3.97. The molecule has 0 saturated carbocycles. The van der Waals surface area contributed by atoms with Crippen molar-refractivity contribution >= 4 is 27.6 Å². The molecule has 3 heterocycles. The normalized spacial score (nSPS) is 16.6. The number of nitrogens with zero attached hydrogens (tertiary/aromatic N) is 4. The Morgan fingerprint density at radius 1 is 1.08 bits per heavy atom. The summed E-state index contributed by atoms with van der Waals surface area (Å²) in [5, 5.41) is 0. The molecule has 4 rings (SSSR count).